The van der Waals surface area contributed by atoms with Crippen molar-refractivity contribution in [1.29, 1.82) is 0 Å². The van der Waals surface area contributed by atoms with Gasteiger partial charge in [-0.25, -0.2) is 9.79 Å². The molecule has 1 atom stereocenters. The summed E-state index contributed by atoms with van der Waals surface area (Å²) in [5.74, 6) is 0.650. The van der Waals surface area contributed by atoms with Gasteiger partial charge in [-0.2, -0.15) is 0 Å². The number of rotatable bonds is 4. The van der Waals surface area contributed by atoms with Gasteiger partial charge in [0.05, 0.1) is 12.2 Å². The highest BCUT2D eigenvalue weighted by atomic mass is 32.2. The van der Waals surface area contributed by atoms with Crippen LogP contribution in [-0.4, -0.2) is 35.4 Å². The van der Waals surface area contributed by atoms with Crippen LogP contribution in [0, 0.1) is 0 Å². The predicted octanol–water partition coefficient (Wildman–Crippen LogP) is 3.62. The number of allylic oxidation sites excluding steroid dienone is 1. The van der Waals surface area contributed by atoms with Gasteiger partial charge in [-0.05, 0) is 25.2 Å². The Kier molecular flexibility index (Phi) is 5.66. The van der Waals surface area contributed by atoms with Crippen LogP contribution in [-0.2, 0) is 9.53 Å². The van der Waals surface area contributed by atoms with Gasteiger partial charge in [0.25, 0.3) is 0 Å². The lowest BCUT2D eigenvalue weighted by Crippen LogP contribution is -2.32. The Bertz CT molecular complexity index is 596. The molecule has 1 aromatic rings. The number of carbonyl (C=O) groups is 1. The maximum absolute atomic E-state index is 12.4. The molecule has 0 radical (unpaired) electrons. The van der Waals surface area contributed by atoms with Gasteiger partial charge in [0, 0.05) is 12.7 Å². The van der Waals surface area contributed by atoms with Crippen molar-refractivity contribution >= 4 is 22.9 Å². The Morgan fingerprint density at radius 3 is 2.59 bits per heavy atom. The molecule has 1 heterocycles. The summed E-state index contributed by atoms with van der Waals surface area (Å²) < 4.78 is 5.25. The maximum Gasteiger partial charge on any atom is 0.338 e. The van der Waals surface area contributed by atoms with Crippen molar-refractivity contribution in [1.82, 2.24) is 4.90 Å². The summed E-state index contributed by atoms with van der Waals surface area (Å²) in [6, 6.07) is 9.60. The van der Waals surface area contributed by atoms with E-state index in [1.54, 1.807) is 11.8 Å². The fourth-order valence-corrected chi connectivity index (χ4v) is 3.16. The minimum atomic E-state index is -0.300. The van der Waals surface area contributed by atoms with Crippen LogP contribution in [0.4, 0.5) is 0 Å². The van der Waals surface area contributed by atoms with Gasteiger partial charge in [0.15, 0.2) is 5.17 Å². The van der Waals surface area contributed by atoms with Gasteiger partial charge in [-0.3, -0.25) is 0 Å². The summed E-state index contributed by atoms with van der Waals surface area (Å²) in [5, 5.41) is 0.932. The van der Waals surface area contributed by atoms with Gasteiger partial charge < -0.3 is 9.64 Å². The molecular weight excluding hydrogens is 296 g/mol. The Balaban J connectivity index is 2.49. The Morgan fingerprint density at radius 2 is 2.00 bits per heavy atom. The molecule has 0 bridgehead atoms. The predicted molar refractivity (Wildman–Crippen MR) is 91.8 cm³/mol. The van der Waals surface area contributed by atoms with E-state index in [1.807, 2.05) is 56.1 Å². The number of ether oxygens (including phenoxy) is 1. The molecule has 2 rings (SSSR count). The van der Waals surface area contributed by atoms with Crippen molar-refractivity contribution in [3.05, 3.63) is 47.2 Å². The minimum absolute atomic E-state index is 0.287. The lowest BCUT2D eigenvalue weighted by Gasteiger charge is -2.31. The van der Waals surface area contributed by atoms with Crippen molar-refractivity contribution in [3.8, 4) is 0 Å². The molecule has 1 aromatic carbocycles. The Morgan fingerprint density at radius 1 is 1.32 bits per heavy atom. The number of hydrogen-bond donors (Lipinski definition) is 0. The van der Waals surface area contributed by atoms with Crippen molar-refractivity contribution < 1.29 is 9.53 Å². The molecule has 1 aliphatic heterocycles. The molecule has 0 aliphatic carbocycles. The number of thioether (sulfide) groups is 1. The van der Waals surface area contributed by atoms with Gasteiger partial charge in [0.1, 0.15) is 6.04 Å². The Labute approximate surface area is 136 Å². The van der Waals surface area contributed by atoms with Crippen LogP contribution in [0.5, 0.6) is 0 Å². The monoisotopic (exact) mass is 318 g/mol. The first kappa shape index (κ1) is 16.6. The molecule has 1 aliphatic rings. The third kappa shape index (κ3) is 3.35. The van der Waals surface area contributed by atoms with Crippen LogP contribution in [0.3, 0.4) is 0 Å². The van der Waals surface area contributed by atoms with E-state index in [4.69, 9.17) is 9.73 Å². The molecular formula is C17H22N2O2S. The summed E-state index contributed by atoms with van der Waals surface area (Å²) in [7, 11) is 1.94. The highest BCUT2D eigenvalue weighted by Crippen LogP contribution is 2.35. The fraction of sp³-hybridized carbons (Fsp3) is 0.412. The molecule has 4 nitrogen and oxygen atoms in total. The second-order valence-electron chi connectivity index (χ2n) is 4.94. The minimum Gasteiger partial charge on any atom is -0.463 e. The zero-order valence-corrected chi connectivity index (χ0v) is 14.3. The van der Waals surface area contributed by atoms with E-state index in [0.29, 0.717) is 12.2 Å². The van der Waals surface area contributed by atoms with Crippen LogP contribution in [0.2, 0.25) is 0 Å². The smallest absolute Gasteiger partial charge is 0.338 e. The first-order valence-corrected chi connectivity index (χ1v) is 8.45. The molecule has 0 saturated heterocycles. The standard InChI is InChI=1S/C17H22N2O2S/c1-5-21-16(20)14-12(3)19(4)17(22-6-2)18-15(14)13-10-8-7-9-11-13/h7-11,15H,5-6H2,1-4H3. The number of carbonyl (C=O) groups excluding carboxylic acids is 1. The molecule has 5 heteroatoms. The highest BCUT2D eigenvalue weighted by Gasteiger charge is 2.32. The largest absolute Gasteiger partial charge is 0.463 e. The van der Waals surface area contributed by atoms with E-state index in [0.717, 1.165) is 22.2 Å². The molecule has 0 fully saturated rings. The first-order chi connectivity index (χ1) is 10.6. The quantitative estimate of drug-likeness (QED) is 0.795. The number of nitrogens with zero attached hydrogens (tertiary/aromatic N) is 2. The summed E-state index contributed by atoms with van der Waals surface area (Å²) in [6.07, 6.45) is 0. The van der Waals surface area contributed by atoms with Crippen LogP contribution in [0.1, 0.15) is 32.4 Å². The number of hydrogen-bond acceptors (Lipinski definition) is 5. The second kappa shape index (κ2) is 7.49. The maximum atomic E-state index is 12.4. The van der Waals surface area contributed by atoms with Crippen LogP contribution in [0.25, 0.3) is 0 Å². The van der Waals surface area contributed by atoms with Gasteiger partial charge in [0.2, 0.25) is 0 Å². The van der Waals surface area contributed by atoms with E-state index in [2.05, 4.69) is 6.92 Å². The molecule has 0 spiro atoms. The van der Waals surface area contributed by atoms with Crippen molar-refractivity contribution in [2.45, 2.75) is 26.8 Å². The molecule has 0 N–H and O–H groups in total. The lowest BCUT2D eigenvalue weighted by molar-refractivity contribution is -0.139. The van der Waals surface area contributed by atoms with Gasteiger partial charge in [-0.1, -0.05) is 49.0 Å². The molecule has 1 unspecified atom stereocenters. The first-order valence-electron chi connectivity index (χ1n) is 7.47. The fourth-order valence-electron chi connectivity index (χ4n) is 2.39. The van der Waals surface area contributed by atoms with Crippen LogP contribution >= 0.6 is 11.8 Å². The third-order valence-corrected chi connectivity index (χ3v) is 4.50. The van der Waals surface area contributed by atoms with E-state index in [-0.39, 0.29) is 12.0 Å². The van der Waals surface area contributed by atoms with Crippen LogP contribution < -0.4 is 0 Å². The number of amidine groups is 1. The van der Waals surface area contributed by atoms with E-state index >= 15 is 0 Å². The topological polar surface area (TPSA) is 41.9 Å². The van der Waals surface area contributed by atoms with Gasteiger partial charge in [-0.15, -0.1) is 0 Å². The molecule has 118 valence electrons. The van der Waals surface area contributed by atoms with Gasteiger partial charge >= 0.3 is 5.97 Å². The van der Waals surface area contributed by atoms with Crippen molar-refractivity contribution in [2.75, 3.05) is 19.4 Å². The summed E-state index contributed by atoms with van der Waals surface area (Å²) in [4.78, 5) is 19.2. The molecule has 0 amide bonds. The molecule has 0 aromatic heterocycles. The summed E-state index contributed by atoms with van der Waals surface area (Å²) in [5.41, 5.74) is 2.53. The average Bonchev–Trinajstić information content (AvgIpc) is 2.52. The third-order valence-electron chi connectivity index (χ3n) is 3.58. The average molecular weight is 318 g/mol. The summed E-state index contributed by atoms with van der Waals surface area (Å²) >= 11 is 1.68. The normalized spacial score (nSPS) is 18.3. The SMILES string of the molecule is CCOC(=O)C1=C(C)N(C)C(SCC)=NC1c1ccccc1. The highest BCUT2D eigenvalue weighted by molar-refractivity contribution is 8.13. The zero-order chi connectivity index (χ0) is 16.1. The number of aliphatic imine (C=N–C) groups is 1. The van der Waals surface area contributed by atoms with Crippen molar-refractivity contribution in [2.24, 2.45) is 4.99 Å². The number of esters is 1. The lowest BCUT2D eigenvalue weighted by atomic mass is 9.96. The van der Waals surface area contributed by atoms with E-state index < -0.39 is 0 Å². The van der Waals surface area contributed by atoms with E-state index in [9.17, 15) is 4.79 Å². The van der Waals surface area contributed by atoms with E-state index in [1.165, 1.54) is 0 Å². The van der Waals surface area contributed by atoms with Crippen molar-refractivity contribution in [3.63, 3.8) is 0 Å². The second-order valence-corrected chi connectivity index (χ2v) is 6.17. The number of benzene rings is 1. The molecule has 22 heavy (non-hydrogen) atoms. The summed E-state index contributed by atoms with van der Waals surface area (Å²) in [6.45, 7) is 6.23. The molecule has 0 saturated carbocycles. The Hall–Kier alpha value is -1.75. The zero-order valence-electron chi connectivity index (χ0n) is 13.5. The van der Waals surface area contributed by atoms with Crippen LogP contribution in [0.15, 0.2) is 46.6 Å².